The molecule has 0 aliphatic heterocycles. The summed E-state index contributed by atoms with van der Waals surface area (Å²) in [5.74, 6) is -0.0493. The number of hydrogen-bond donors (Lipinski definition) is 1. The van der Waals surface area contributed by atoms with E-state index < -0.39 is 10.8 Å². The van der Waals surface area contributed by atoms with Crippen LogP contribution in [0.2, 0.25) is 0 Å². The zero-order valence-corrected chi connectivity index (χ0v) is 10.4. The number of hydrogen-bond acceptors (Lipinski definition) is 5. The van der Waals surface area contributed by atoms with E-state index in [4.69, 9.17) is 9.47 Å². The smallest absolute Gasteiger partial charge is 0.286 e. The molecule has 0 saturated heterocycles. The van der Waals surface area contributed by atoms with Gasteiger partial charge in [-0.3, -0.25) is 14.9 Å². The Morgan fingerprint density at radius 1 is 1.33 bits per heavy atom. The summed E-state index contributed by atoms with van der Waals surface area (Å²) in [4.78, 5) is 22.0. The largest absolute Gasteiger partial charge is 0.493 e. The zero-order valence-electron chi connectivity index (χ0n) is 10.4. The monoisotopic (exact) mass is 254 g/mol. The molecule has 7 nitrogen and oxygen atoms in total. The van der Waals surface area contributed by atoms with Crippen LogP contribution in [0.25, 0.3) is 0 Å². The van der Waals surface area contributed by atoms with Gasteiger partial charge >= 0.3 is 0 Å². The molecule has 1 rings (SSSR count). The van der Waals surface area contributed by atoms with Crippen molar-refractivity contribution in [2.45, 2.75) is 6.92 Å². The molecule has 1 amide bonds. The maximum absolute atomic E-state index is 11.7. The van der Waals surface area contributed by atoms with Crippen LogP contribution in [0, 0.1) is 10.1 Å². The van der Waals surface area contributed by atoms with Crippen molar-refractivity contribution in [2.24, 2.45) is 0 Å². The molecule has 0 heterocycles. The summed E-state index contributed by atoms with van der Waals surface area (Å²) < 4.78 is 9.97. The number of methoxy groups -OCH3 is 2. The number of nitrogens with zero attached hydrogens (tertiary/aromatic N) is 1. The number of rotatable bonds is 5. The maximum Gasteiger partial charge on any atom is 0.286 e. The van der Waals surface area contributed by atoms with Crippen LogP contribution in [0.3, 0.4) is 0 Å². The van der Waals surface area contributed by atoms with Gasteiger partial charge in [0.05, 0.1) is 25.2 Å². The maximum atomic E-state index is 11.7. The van der Waals surface area contributed by atoms with Crippen LogP contribution in [-0.2, 0) is 0 Å². The zero-order chi connectivity index (χ0) is 13.7. The number of nitro benzene ring substituents is 1. The number of benzene rings is 1. The lowest BCUT2D eigenvalue weighted by Gasteiger charge is -2.10. The molecule has 0 spiro atoms. The molecule has 0 aliphatic rings. The Morgan fingerprint density at radius 2 is 1.89 bits per heavy atom. The first kappa shape index (κ1) is 13.8. The molecule has 0 unspecified atom stereocenters. The van der Waals surface area contributed by atoms with E-state index in [2.05, 4.69) is 5.32 Å². The van der Waals surface area contributed by atoms with Gasteiger partial charge in [-0.25, -0.2) is 0 Å². The molecule has 0 fully saturated rings. The second-order valence-corrected chi connectivity index (χ2v) is 3.34. The molecule has 0 bridgehead atoms. The molecule has 1 aromatic carbocycles. The van der Waals surface area contributed by atoms with Crippen molar-refractivity contribution in [2.75, 3.05) is 20.8 Å². The van der Waals surface area contributed by atoms with Crippen molar-refractivity contribution in [3.63, 3.8) is 0 Å². The molecule has 18 heavy (non-hydrogen) atoms. The van der Waals surface area contributed by atoms with E-state index in [1.54, 1.807) is 6.92 Å². The van der Waals surface area contributed by atoms with Crippen molar-refractivity contribution in [3.05, 3.63) is 27.8 Å². The number of carbonyl (C=O) groups is 1. The van der Waals surface area contributed by atoms with Crippen molar-refractivity contribution < 1.29 is 19.2 Å². The van der Waals surface area contributed by atoms with E-state index in [-0.39, 0.29) is 22.7 Å². The molecule has 0 aliphatic carbocycles. The standard InChI is InChI=1S/C11H14N2O5/c1-4-12-11(14)7-5-9(17-2)10(18-3)6-8(7)13(15)16/h5-6H,4H2,1-3H3,(H,12,14). The first-order chi connectivity index (χ1) is 8.54. The van der Waals surface area contributed by atoms with Crippen LogP contribution in [-0.4, -0.2) is 31.6 Å². The van der Waals surface area contributed by atoms with Crippen LogP contribution >= 0.6 is 0 Å². The number of ether oxygens (including phenoxy) is 2. The molecular formula is C11H14N2O5. The minimum absolute atomic E-state index is 0.0560. The third-order valence-corrected chi connectivity index (χ3v) is 2.28. The van der Waals surface area contributed by atoms with Gasteiger partial charge in [0.1, 0.15) is 5.56 Å². The van der Waals surface area contributed by atoms with Gasteiger partial charge in [-0.2, -0.15) is 0 Å². The van der Waals surface area contributed by atoms with Crippen LogP contribution in [0.15, 0.2) is 12.1 Å². The van der Waals surface area contributed by atoms with Crippen molar-refractivity contribution in [1.29, 1.82) is 0 Å². The number of nitro groups is 1. The predicted molar refractivity (Wildman–Crippen MR) is 64.2 cm³/mol. The second-order valence-electron chi connectivity index (χ2n) is 3.34. The molecule has 1 aromatic rings. The molecular weight excluding hydrogens is 240 g/mol. The average molecular weight is 254 g/mol. The van der Waals surface area contributed by atoms with Gasteiger partial charge < -0.3 is 14.8 Å². The summed E-state index contributed by atoms with van der Waals surface area (Å²) in [7, 11) is 2.76. The van der Waals surface area contributed by atoms with E-state index in [9.17, 15) is 14.9 Å². The Labute approximate surface area is 104 Å². The first-order valence-electron chi connectivity index (χ1n) is 5.23. The Bertz CT molecular complexity index is 473. The minimum Gasteiger partial charge on any atom is -0.493 e. The number of nitrogens with one attached hydrogen (secondary N) is 1. The lowest BCUT2D eigenvalue weighted by molar-refractivity contribution is -0.385. The lowest BCUT2D eigenvalue weighted by Crippen LogP contribution is -2.23. The molecule has 98 valence electrons. The molecule has 0 saturated carbocycles. The predicted octanol–water partition coefficient (Wildman–Crippen LogP) is 1.36. The highest BCUT2D eigenvalue weighted by atomic mass is 16.6. The minimum atomic E-state index is -0.632. The highest BCUT2D eigenvalue weighted by molar-refractivity contribution is 5.99. The topological polar surface area (TPSA) is 90.7 Å². The van der Waals surface area contributed by atoms with E-state index in [1.165, 1.54) is 26.4 Å². The summed E-state index contributed by atoms with van der Waals surface area (Å²) in [6.45, 7) is 2.11. The third-order valence-electron chi connectivity index (χ3n) is 2.28. The third kappa shape index (κ3) is 2.68. The van der Waals surface area contributed by atoms with Crippen LogP contribution in [0.1, 0.15) is 17.3 Å². The second kappa shape index (κ2) is 5.85. The summed E-state index contributed by atoms with van der Waals surface area (Å²) >= 11 is 0. The summed E-state index contributed by atoms with van der Waals surface area (Å²) in [5, 5.41) is 13.4. The van der Waals surface area contributed by atoms with Crippen LogP contribution in [0.4, 0.5) is 5.69 Å². The van der Waals surface area contributed by atoms with Gasteiger partial charge in [-0.15, -0.1) is 0 Å². The van der Waals surface area contributed by atoms with Gasteiger partial charge in [-0.05, 0) is 6.92 Å². The Hall–Kier alpha value is -2.31. The fourth-order valence-corrected chi connectivity index (χ4v) is 1.46. The van der Waals surface area contributed by atoms with Gasteiger partial charge in [0.2, 0.25) is 0 Å². The van der Waals surface area contributed by atoms with E-state index >= 15 is 0 Å². The Kier molecular flexibility index (Phi) is 4.47. The van der Waals surface area contributed by atoms with Crippen LogP contribution in [0.5, 0.6) is 11.5 Å². The average Bonchev–Trinajstić information content (AvgIpc) is 2.37. The van der Waals surface area contributed by atoms with E-state index in [1.807, 2.05) is 0 Å². The van der Waals surface area contributed by atoms with Gasteiger partial charge in [0.15, 0.2) is 11.5 Å². The van der Waals surface area contributed by atoms with E-state index in [0.717, 1.165) is 0 Å². The number of amides is 1. The molecule has 1 N–H and O–H groups in total. The molecule has 7 heteroatoms. The van der Waals surface area contributed by atoms with Crippen molar-refractivity contribution in [3.8, 4) is 11.5 Å². The Balaban J connectivity index is 3.37. The van der Waals surface area contributed by atoms with Crippen molar-refractivity contribution >= 4 is 11.6 Å². The molecule has 0 atom stereocenters. The van der Waals surface area contributed by atoms with Crippen molar-refractivity contribution in [1.82, 2.24) is 5.32 Å². The Morgan fingerprint density at radius 3 is 2.33 bits per heavy atom. The normalized spacial score (nSPS) is 9.72. The highest BCUT2D eigenvalue weighted by Gasteiger charge is 2.23. The number of carbonyl (C=O) groups excluding carboxylic acids is 1. The van der Waals surface area contributed by atoms with Gasteiger partial charge in [-0.1, -0.05) is 0 Å². The van der Waals surface area contributed by atoms with Gasteiger partial charge in [0.25, 0.3) is 11.6 Å². The summed E-state index contributed by atoms with van der Waals surface area (Å²) in [6.07, 6.45) is 0. The SMILES string of the molecule is CCNC(=O)c1cc(OC)c(OC)cc1[N+](=O)[O-]. The lowest BCUT2D eigenvalue weighted by atomic mass is 10.1. The fraction of sp³-hybridized carbons (Fsp3) is 0.364. The summed E-state index contributed by atoms with van der Waals surface area (Å²) in [6, 6.07) is 2.46. The quantitative estimate of drug-likeness (QED) is 0.632. The van der Waals surface area contributed by atoms with Crippen LogP contribution < -0.4 is 14.8 Å². The van der Waals surface area contributed by atoms with E-state index in [0.29, 0.717) is 6.54 Å². The van der Waals surface area contributed by atoms with Gasteiger partial charge in [0, 0.05) is 12.6 Å². The molecule has 0 radical (unpaired) electrons. The highest BCUT2D eigenvalue weighted by Crippen LogP contribution is 2.34. The molecule has 0 aromatic heterocycles. The fourth-order valence-electron chi connectivity index (χ4n) is 1.46. The first-order valence-corrected chi connectivity index (χ1v) is 5.23. The summed E-state index contributed by atoms with van der Waals surface area (Å²) in [5.41, 5.74) is -0.377.